The van der Waals surface area contributed by atoms with Crippen LogP contribution in [-0.4, -0.2) is 32.1 Å². The highest BCUT2D eigenvalue weighted by Gasteiger charge is 2.60. The summed E-state index contributed by atoms with van der Waals surface area (Å²) in [5.74, 6) is -3.89. The SMILES string of the molecule is CC(C)CCCC(C)C1CCC2C3CCC4C[C@@H](OCCS(=O)(=O)c5c(F)c(F)c(SOOO)c(F)c5F)CC[C@]4(C)C3CC[C@]12C. The first-order valence-corrected chi connectivity index (χ1v) is 19.9. The molecule has 5 rings (SSSR count). The molecule has 0 aromatic heterocycles. The van der Waals surface area contributed by atoms with Crippen LogP contribution in [0.5, 0.6) is 0 Å². The van der Waals surface area contributed by atoms with Crippen LogP contribution in [0.15, 0.2) is 9.79 Å². The fourth-order valence-electron chi connectivity index (χ4n) is 10.8. The number of hydrogen-bond donors (Lipinski definition) is 1. The van der Waals surface area contributed by atoms with Crippen LogP contribution < -0.4 is 0 Å². The molecule has 12 heteroatoms. The molecule has 0 aliphatic heterocycles. The number of benzene rings is 1. The van der Waals surface area contributed by atoms with E-state index in [1.807, 2.05) is 0 Å². The average Bonchev–Trinajstić information content (AvgIpc) is 3.37. The largest absolute Gasteiger partial charge is 0.377 e. The smallest absolute Gasteiger partial charge is 0.186 e. The van der Waals surface area contributed by atoms with Gasteiger partial charge in [-0.25, -0.2) is 31.2 Å². The van der Waals surface area contributed by atoms with Crippen molar-refractivity contribution in [1.82, 2.24) is 0 Å². The standard InChI is InChI=1S/C35H52F4O6S2/c1-20(2)7-6-8-21(3)25-11-12-26-24-10-9-22-19-23(13-15-34(22,4)27(24)14-16-35(25,26)5)43-17-18-47(41,42)33-30(38)28(36)32(46-45-44-40)29(37)31(33)39/h20-27,40H,6-19H2,1-5H3/t21?,22?,23-,24?,25?,26?,27?,34-,35+/m0/s1. The maximum Gasteiger partial charge on any atom is 0.186 e. The van der Waals surface area contributed by atoms with Crippen molar-refractivity contribution in [1.29, 1.82) is 0 Å². The third-order valence-electron chi connectivity index (χ3n) is 13.2. The van der Waals surface area contributed by atoms with Gasteiger partial charge in [0.05, 0.1) is 30.5 Å². The molecule has 6 unspecified atom stereocenters. The molecule has 0 bridgehead atoms. The minimum atomic E-state index is -4.78. The van der Waals surface area contributed by atoms with E-state index in [0.717, 1.165) is 55.3 Å². The fourth-order valence-corrected chi connectivity index (χ4v) is 12.5. The number of rotatable bonds is 13. The third-order valence-corrected chi connectivity index (χ3v) is 15.5. The highest BCUT2D eigenvalue weighted by molar-refractivity contribution is 7.94. The topological polar surface area (TPSA) is 82.1 Å². The molecule has 4 aliphatic rings. The Balaban J connectivity index is 1.18. The van der Waals surface area contributed by atoms with Gasteiger partial charge in [0.25, 0.3) is 0 Å². The van der Waals surface area contributed by atoms with Gasteiger partial charge in [0.2, 0.25) is 0 Å². The van der Waals surface area contributed by atoms with Crippen molar-refractivity contribution < 1.29 is 45.3 Å². The molecular formula is C35H52F4O6S2. The molecule has 268 valence electrons. The zero-order valence-corrected chi connectivity index (χ0v) is 30.0. The number of halogens is 4. The van der Waals surface area contributed by atoms with Gasteiger partial charge in [0.1, 0.15) is 9.79 Å². The van der Waals surface area contributed by atoms with E-state index >= 15 is 0 Å². The Kier molecular flexibility index (Phi) is 11.7. The van der Waals surface area contributed by atoms with Gasteiger partial charge in [0.15, 0.2) is 33.1 Å². The van der Waals surface area contributed by atoms with Gasteiger partial charge in [-0.1, -0.05) is 58.9 Å². The van der Waals surface area contributed by atoms with Crippen molar-refractivity contribution in [3.05, 3.63) is 23.3 Å². The summed E-state index contributed by atoms with van der Waals surface area (Å²) in [7, 11) is -4.78. The predicted molar refractivity (Wildman–Crippen MR) is 172 cm³/mol. The fraction of sp³-hybridized carbons (Fsp3) is 0.829. The Labute approximate surface area is 282 Å². The van der Waals surface area contributed by atoms with Crippen molar-refractivity contribution >= 4 is 21.9 Å². The second-order valence-electron chi connectivity index (χ2n) is 15.9. The summed E-state index contributed by atoms with van der Waals surface area (Å²) < 4.78 is 93.6. The second kappa shape index (κ2) is 14.7. The monoisotopic (exact) mass is 708 g/mol. The lowest BCUT2D eigenvalue weighted by atomic mass is 9.44. The van der Waals surface area contributed by atoms with Crippen LogP contribution in [0.1, 0.15) is 112 Å². The number of hydrogen-bond acceptors (Lipinski definition) is 7. The van der Waals surface area contributed by atoms with E-state index in [1.165, 1.54) is 51.4 Å². The van der Waals surface area contributed by atoms with Gasteiger partial charge >= 0.3 is 0 Å². The first kappa shape index (κ1) is 37.3. The maximum atomic E-state index is 14.6. The molecule has 4 saturated carbocycles. The molecule has 9 atom stereocenters. The summed E-state index contributed by atoms with van der Waals surface area (Å²) in [6.45, 7) is 11.8. The van der Waals surface area contributed by atoms with E-state index < -0.39 is 48.6 Å². The molecule has 47 heavy (non-hydrogen) atoms. The Morgan fingerprint density at radius 2 is 1.53 bits per heavy atom. The summed E-state index contributed by atoms with van der Waals surface area (Å²) in [4.78, 5) is -3.02. The van der Waals surface area contributed by atoms with Crippen molar-refractivity contribution in [2.24, 2.45) is 52.3 Å². The summed E-state index contributed by atoms with van der Waals surface area (Å²) in [6.07, 6.45) is 14.0. The molecule has 0 heterocycles. The quantitative estimate of drug-likeness (QED) is 0.0718. The molecule has 0 radical (unpaired) electrons. The van der Waals surface area contributed by atoms with E-state index in [4.69, 9.17) is 9.99 Å². The zero-order chi connectivity index (χ0) is 34.3. The number of fused-ring (bicyclic) bond motifs is 5. The molecule has 0 saturated heterocycles. The van der Waals surface area contributed by atoms with Crippen LogP contribution in [-0.2, 0) is 23.9 Å². The van der Waals surface area contributed by atoms with Crippen molar-refractivity contribution in [2.45, 2.75) is 128 Å². The van der Waals surface area contributed by atoms with E-state index in [0.29, 0.717) is 17.3 Å². The first-order valence-electron chi connectivity index (χ1n) is 17.5. The molecule has 1 aromatic rings. The van der Waals surface area contributed by atoms with E-state index in [9.17, 15) is 26.0 Å². The zero-order valence-electron chi connectivity index (χ0n) is 28.3. The third kappa shape index (κ3) is 7.16. The summed E-state index contributed by atoms with van der Waals surface area (Å²) in [5, 5.41) is 11.4. The van der Waals surface area contributed by atoms with Gasteiger partial charge in [-0.2, -0.15) is 0 Å². The molecule has 1 aromatic carbocycles. The van der Waals surface area contributed by atoms with E-state index in [1.54, 1.807) is 0 Å². The van der Waals surface area contributed by atoms with E-state index in [2.05, 4.69) is 44.0 Å². The van der Waals surface area contributed by atoms with Crippen LogP contribution in [0.25, 0.3) is 0 Å². The highest BCUT2D eigenvalue weighted by atomic mass is 32.2. The molecule has 0 amide bonds. The summed E-state index contributed by atoms with van der Waals surface area (Å²) in [5.41, 5.74) is 0.641. The molecule has 6 nitrogen and oxygen atoms in total. The van der Waals surface area contributed by atoms with Gasteiger partial charge in [-0.15, -0.1) is 4.33 Å². The van der Waals surface area contributed by atoms with Crippen LogP contribution in [0, 0.1) is 75.5 Å². The lowest BCUT2D eigenvalue weighted by molar-refractivity contribution is -0.432. The Morgan fingerprint density at radius 3 is 2.19 bits per heavy atom. The molecule has 0 spiro atoms. The minimum absolute atomic E-state index is 0.186. The predicted octanol–water partition coefficient (Wildman–Crippen LogP) is 9.95. The van der Waals surface area contributed by atoms with Crippen molar-refractivity contribution in [3.63, 3.8) is 0 Å². The summed E-state index contributed by atoms with van der Waals surface area (Å²) in [6, 6.07) is 0. The van der Waals surface area contributed by atoms with Crippen LogP contribution in [0.2, 0.25) is 0 Å². The van der Waals surface area contributed by atoms with Gasteiger partial charge in [-0.05, 0) is 110 Å². The molecule has 1 N–H and O–H groups in total. The van der Waals surface area contributed by atoms with Crippen LogP contribution >= 0.6 is 12.0 Å². The van der Waals surface area contributed by atoms with Crippen molar-refractivity contribution in [2.75, 3.05) is 12.4 Å². The lowest BCUT2D eigenvalue weighted by Crippen LogP contribution is -2.54. The van der Waals surface area contributed by atoms with Gasteiger partial charge in [-0.3, -0.25) is 0 Å². The minimum Gasteiger partial charge on any atom is -0.377 e. The number of ether oxygens (including phenoxy) is 1. The Bertz CT molecular complexity index is 1350. The molecule has 4 fully saturated rings. The Morgan fingerprint density at radius 1 is 0.872 bits per heavy atom. The first-order chi connectivity index (χ1) is 22.2. The normalized spacial score (nSPS) is 34.6. The van der Waals surface area contributed by atoms with Crippen LogP contribution in [0.4, 0.5) is 17.6 Å². The summed E-state index contributed by atoms with van der Waals surface area (Å²) >= 11 is -0.340. The number of sulfone groups is 1. The van der Waals surface area contributed by atoms with Crippen LogP contribution in [0.3, 0.4) is 0 Å². The van der Waals surface area contributed by atoms with E-state index in [-0.39, 0.29) is 30.2 Å². The maximum absolute atomic E-state index is 14.6. The van der Waals surface area contributed by atoms with Crippen molar-refractivity contribution in [3.8, 4) is 0 Å². The lowest BCUT2D eigenvalue weighted by Gasteiger charge is -2.61. The molecular weight excluding hydrogens is 657 g/mol. The van der Waals surface area contributed by atoms with Gasteiger partial charge < -0.3 is 4.74 Å². The highest BCUT2D eigenvalue weighted by Crippen LogP contribution is 2.68. The Hall–Kier alpha value is -0.920. The second-order valence-corrected chi connectivity index (χ2v) is 18.7. The van der Waals surface area contributed by atoms with Gasteiger partial charge in [0, 0.05) is 0 Å². The molecule has 4 aliphatic carbocycles. The average molecular weight is 709 g/mol.